The van der Waals surface area contributed by atoms with Crippen LogP contribution in [0.4, 0.5) is 23.1 Å². The van der Waals surface area contributed by atoms with Crippen LogP contribution in [0.2, 0.25) is 0 Å². The molecule has 35 heavy (non-hydrogen) atoms. The van der Waals surface area contributed by atoms with Gasteiger partial charge in [-0.15, -0.1) is 0 Å². The van der Waals surface area contributed by atoms with Gasteiger partial charge in [-0.25, -0.2) is 9.97 Å². The van der Waals surface area contributed by atoms with Gasteiger partial charge in [-0.3, -0.25) is 9.89 Å². The van der Waals surface area contributed by atoms with Crippen molar-refractivity contribution in [1.82, 2.24) is 30.5 Å². The smallest absolute Gasteiger partial charge is 0.257 e. The van der Waals surface area contributed by atoms with Crippen molar-refractivity contribution in [3.05, 3.63) is 66.0 Å². The molecule has 10 heteroatoms. The standard InChI is InChI=1S/C25H25N9O/c1-15-3-2-6-27-23(15)32-25-30-20-12-18(22(13-21(20)31-25)34-9-7-26-8-10-34)24(35)29-17-4-5-19-16(11-17)14-28-33-19/h2-6,11-14,26H,7-10H2,1H3,(H,28,33)(H,29,35)(H2,27,30,31,32). The second-order valence-electron chi connectivity index (χ2n) is 8.63. The molecule has 1 aliphatic rings. The van der Waals surface area contributed by atoms with Gasteiger partial charge in [0.15, 0.2) is 0 Å². The predicted molar refractivity (Wildman–Crippen MR) is 137 cm³/mol. The van der Waals surface area contributed by atoms with Crippen molar-refractivity contribution < 1.29 is 4.79 Å². The van der Waals surface area contributed by atoms with Gasteiger partial charge in [0, 0.05) is 43.4 Å². The van der Waals surface area contributed by atoms with E-state index in [0.717, 1.165) is 65.2 Å². The number of benzene rings is 2. The normalized spacial score (nSPS) is 13.9. The summed E-state index contributed by atoms with van der Waals surface area (Å²) in [5, 5.41) is 17.6. The van der Waals surface area contributed by atoms with Crippen LogP contribution in [-0.2, 0) is 0 Å². The molecule has 5 N–H and O–H groups in total. The van der Waals surface area contributed by atoms with E-state index < -0.39 is 0 Å². The molecule has 0 unspecified atom stereocenters. The fourth-order valence-corrected chi connectivity index (χ4v) is 4.40. The van der Waals surface area contributed by atoms with Crippen LogP contribution in [0.15, 0.2) is 54.9 Å². The fourth-order valence-electron chi connectivity index (χ4n) is 4.40. The minimum atomic E-state index is -0.173. The summed E-state index contributed by atoms with van der Waals surface area (Å²) in [7, 11) is 0. The number of carbonyl (C=O) groups excluding carboxylic acids is 1. The molecule has 0 atom stereocenters. The Morgan fingerprint density at radius 1 is 1.09 bits per heavy atom. The number of aromatic amines is 2. The minimum Gasteiger partial charge on any atom is -0.368 e. The lowest BCUT2D eigenvalue weighted by molar-refractivity contribution is 0.102. The molecule has 176 valence electrons. The summed E-state index contributed by atoms with van der Waals surface area (Å²) in [5.74, 6) is 1.14. The van der Waals surface area contributed by atoms with Crippen molar-refractivity contribution in [2.45, 2.75) is 6.92 Å². The number of nitrogens with one attached hydrogen (secondary N) is 5. The van der Waals surface area contributed by atoms with Crippen LogP contribution in [0.1, 0.15) is 15.9 Å². The van der Waals surface area contributed by atoms with E-state index in [9.17, 15) is 4.79 Å². The van der Waals surface area contributed by atoms with Gasteiger partial charge in [0.1, 0.15) is 5.82 Å². The maximum atomic E-state index is 13.5. The molecule has 6 rings (SSSR count). The van der Waals surface area contributed by atoms with E-state index >= 15 is 0 Å². The van der Waals surface area contributed by atoms with Crippen LogP contribution in [0.3, 0.4) is 0 Å². The van der Waals surface area contributed by atoms with Crippen molar-refractivity contribution in [1.29, 1.82) is 0 Å². The van der Waals surface area contributed by atoms with E-state index in [4.69, 9.17) is 4.98 Å². The lowest BCUT2D eigenvalue weighted by Gasteiger charge is -2.31. The monoisotopic (exact) mass is 467 g/mol. The zero-order valence-electron chi connectivity index (χ0n) is 19.2. The number of rotatable bonds is 5. The molecule has 1 fully saturated rings. The molecule has 0 saturated carbocycles. The fraction of sp³-hybridized carbons (Fsp3) is 0.200. The molecule has 3 aromatic heterocycles. The molecule has 4 heterocycles. The van der Waals surface area contributed by atoms with Crippen LogP contribution >= 0.6 is 0 Å². The van der Waals surface area contributed by atoms with Gasteiger partial charge in [-0.2, -0.15) is 5.10 Å². The number of carbonyl (C=O) groups is 1. The van der Waals surface area contributed by atoms with E-state index in [2.05, 4.69) is 41.0 Å². The number of H-pyrrole nitrogens is 2. The van der Waals surface area contributed by atoms with Crippen LogP contribution in [0, 0.1) is 6.92 Å². The summed E-state index contributed by atoms with van der Waals surface area (Å²) in [6.45, 7) is 5.35. The number of pyridine rings is 1. The number of hydrogen-bond acceptors (Lipinski definition) is 7. The number of aromatic nitrogens is 5. The Morgan fingerprint density at radius 3 is 2.83 bits per heavy atom. The quantitative estimate of drug-likeness (QED) is 0.268. The van der Waals surface area contributed by atoms with E-state index in [-0.39, 0.29) is 5.91 Å². The molecule has 0 spiro atoms. The largest absolute Gasteiger partial charge is 0.368 e. The van der Waals surface area contributed by atoms with E-state index in [1.165, 1.54) is 0 Å². The minimum absolute atomic E-state index is 0.173. The van der Waals surface area contributed by atoms with E-state index in [1.54, 1.807) is 12.4 Å². The maximum Gasteiger partial charge on any atom is 0.257 e. The van der Waals surface area contributed by atoms with Gasteiger partial charge < -0.3 is 25.8 Å². The van der Waals surface area contributed by atoms with Crippen molar-refractivity contribution in [3.63, 3.8) is 0 Å². The Hall–Kier alpha value is -4.44. The van der Waals surface area contributed by atoms with E-state index in [1.807, 2.05) is 49.4 Å². The molecule has 1 amide bonds. The summed E-state index contributed by atoms with van der Waals surface area (Å²) in [6.07, 6.45) is 3.48. The highest BCUT2D eigenvalue weighted by Gasteiger charge is 2.21. The zero-order valence-corrected chi connectivity index (χ0v) is 19.2. The van der Waals surface area contributed by atoms with Crippen LogP contribution in [0.5, 0.6) is 0 Å². The Balaban J connectivity index is 1.37. The van der Waals surface area contributed by atoms with Crippen LogP contribution in [-0.4, -0.2) is 57.2 Å². The number of hydrogen-bond donors (Lipinski definition) is 5. The Morgan fingerprint density at radius 2 is 1.97 bits per heavy atom. The Bertz CT molecular complexity index is 1530. The molecule has 1 saturated heterocycles. The summed E-state index contributed by atoms with van der Waals surface area (Å²) < 4.78 is 0. The third kappa shape index (κ3) is 4.15. The van der Waals surface area contributed by atoms with Gasteiger partial charge >= 0.3 is 0 Å². The average molecular weight is 468 g/mol. The lowest BCUT2D eigenvalue weighted by Crippen LogP contribution is -2.44. The number of amides is 1. The molecule has 0 radical (unpaired) electrons. The second-order valence-corrected chi connectivity index (χ2v) is 8.63. The van der Waals surface area contributed by atoms with Gasteiger partial charge in [0.2, 0.25) is 5.95 Å². The van der Waals surface area contributed by atoms with Gasteiger partial charge in [0.05, 0.1) is 34.0 Å². The number of nitrogens with zero attached hydrogens (tertiary/aromatic N) is 4. The number of aryl methyl sites for hydroxylation is 1. The molecule has 0 aliphatic carbocycles. The first-order valence-corrected chi connectivity index (χ1v) is 11.6. The zero-order chi connectivity index (χ0) is 23.8. The highest BCUT2D eigenvalue weighted by molar-refractivity contribution is 6.11. The van der Waals surface area contributed by atoms with Gasteiger partial charge in [-0.05, 0) is 48.9 Å². The third-order valence-electron chi connectivity index (χ3n) is 6.25. The molecule has 2 aromatic carbocycles. The predicted octanol–water partition coefficient (Wildman–Crippen LogP) is 3.55. The number of piperazine rings is 1. The number of anilines is 4. The van der Waals surface area contributed by atoms with Crippen molar-refractivity contribution >= 4 is 51.0 Å². The molecule has 0 bridgehead atoms. The molecule has 5 aromatic rings. The summed E-state index contributed by atoms with van der Waals surface area (Å²) in [6, 6.07) is 13.4. The summed E-state index contributed by atoms with van der Waals surface area (Å²) >= 11 is 0. The Kier molecular flexibility index (Phi) is 5.27. The van der Waals surface area contributed by atoms with Gasteiger partial charge in [0.25, 0.3) is 5.91 Å². The first-order chi connectivity index (χ1) is 17.1. The highest BCUT2D eigenvalue weighted by atomic mass is 16.1. The second kappa shape index (κ2) is 8.73. The van der Waals surface area contributed by atoms with Crippen LogP contribution < -0.4 is 20.9 Å². The first-order valence-electron chi connectivity index (χ1n) is 11.6. The third-order valence-corrected chi connectivity index (χ3v) is 6.25. The van der Waals surface area contributed by atoms with Crippen molar-refractivity contribution in [2.24, 2.45) is 0 Å². The van der Waals surface area contributed by atoms with Crippen molar-refractivity contribution in [2.75, 3.05) is 41.7 Å². The topological polar surface area (TPSA) is 127 Å². The van der Waals surface area contributed by atoms with Gasteiger partial charge in [-0.1, -0.05) is 6.07 Å². The highest BCUT2D eigenvalue weighted by Crippen LogP contribution is 2.29. The van der Waals surface area contributed by atoms with E-state index in [0.29, 0.717) is 17.2 Å². The number of imidazole rings is 1. The molecule has 10 nitrogen and oxygen atoms in total. The number of fused-ring (bicyclic) bond motifs is 2. The SMILES string of the molecule is Cc1cccnc1Nc1nc2cc(N3CCNCC3)c(C(=O)Nc3ccc4[nH]ncc4c3)cc2[nH]1. The maximum absolute atomic E-state index is 13.5. The summed E-state index contributed by atoms with van der Waals surface area (Å²) in [5.41, 5.74) is 5.67. The Labute approximate surface area is 201 Å². The molecule has 1 aliphatic heterocycles. The molecular weight excluding hydrogens is 442 g/mol. The lowest BCUT2D eigenvalue weighted by atomic mass is 10.1. The molecular formula is C25H25N9O. The van der Waals surface area contributed by atoms with Crippen molar-refractivity contribution in [3.8, 4) is 0 Å². The summed E-state index contributed by atoms with van der Waals surface area (Å²) in [4.78, 5) is 28.1. The van der Waals surface area contributed by atoms with Crippen LogP contribution in [0.25, 0.3) is 21.9 Å². The first kappa shape index (κ1) is 21.1. The average Bonchev–Trinajstić information content (AvgIpc) is 3.51.